The molecule has 0 N–H and O–H groups in total. The summed E-state index contributed by atoms with van der Waals surface area (Å²) in [5.74, 6) is -1.66. The predicted molar refractivity (Wildman–Crippen MR) is 65.2 cm³/mol. The summed E-state index contributed by atoms with van der Waals surface area (Å²) in [5.41, 5.74) is -0.998. The van der Waals surface area contributed by atoms with Crippen molar-refractivity contribution >= 4 is 5.69 Å². The molecule has 0 saturated carbocycles. The van der Waals surface area contributed by atoms with Crippen LogP contribution in [0.2, 0.25) is 0 Å². The number of halogens is 2. The lowest BCUT2D eigenvalue weighted by Crippen LogP contribution is -2.03. The Labute approximate surface area is 112 Å². The van der Waals surface area contributed by atoms with Gasteiger partial charge < -0.3 is 4.74 Å². The van der Waals surface area contributed by atoms with Crippen molar-refractivity contribution in [1.29, 1.82) is 0 Å². The standard InChI is InChI=1S/C12H11F2N3O3/c1-2-16-6-9(5-15-16)20-7-10-11(13)3-8(17(18)19)4-12(10)14/h3-6H,2,7H2,1H3. The molecule has 0 radical (unpaired) electrons. The Hall–Kier alpha value is -2.51. The van der Waals surface area contributed by atoms with E-state index in [9.17, 15) is 18.9 Å². The first-order chi connectivity index (χ1) is 9.51. The third kappa shape index (κ3) is 2.90. The van der Waals surface area contributed by atoms with Crippen molar-refractivity contribution in [2.24, 2.45) is 0 Å². The fraction of sp³-hybridized carbons (Fsp3) is 0.250. The Balaban J connectivity index is 2.15. The zero-order valence-electron chi connectivity index (χ0n) is 10.5. The minimum atomic E-state index is -1.01. The fourth-order valence-electron chi connectivity index (χ4n) is 1.58. The number of nitro benzene ring substituents is 1. The van der Waals surface area contributed by atoms with Crippen molar-refractivity contribution in [1.82, 2.24) is 9.78 Å². The summed E-state index contributed by atoms with van der Waals surface area (Å²) in [6, 6.07) is 1.33. The Morgan fingerprint density at radius 2 is 2.05 bits per heavy atom. The predicted octanol–water partition coefficient (Wildman–Crippen LogP) is 2.67. The fourth-order valence-corrected chi connectivity index (χ4v) is 1.58. The van der Waals surface area contributed by atoms with Crippen molar-refractivity contribution in [3.8, 4) is 5.75 Å². The van der Waals surface area contributed by atoms with Crippen molar-refractivity contribution in [3.05, 3.63) is 51.8 Å². The van der Waals surface area contributed by atoms with Gasteiger partial charge in [0.2, 0.25) is 0 Å². The van der Waals surface area contributed by atoms with Crippen LogP contribution >= 0.6 is 0 Å². The number of aryl methyl sites for hydroxylation is 1. The number of hydrogen-bond acceptors (Lipinski definition) is 4. The maximum Gasteiger partial charge on any atom is 0.275 e. The lowest BCUT2D eigenvalue weighted by Gasteiger charge is -2.06. The molecule has 2 aromatic rings. The first kappa shape index (κ1) is 13.9. The van der Waals surface area contributed by atoms with E-state index in [-0.39, 0.29) is 12.2 Å². The van der Waals surface area contributed by atoms with Crippen LogP contribution in [0, 0.1) is 21.7 Å². The summed E-state index contributed by atoms with van der Waals surface area (Å²) < 4.78 is 34.0. The van der Waals surface area contributed by atoms with E-state index in [0.29, 0.717) is 24.4 Å². The molecule has 106 valence electrons. The lowest BCUT2D eigenvalue weighted by molar-refractivity contribution is -0.385. The Morgan fingerprint density at radius 1 is 1.40 bits per heavy atom. The molecule has 0 aliphatic heterocycles. The first-order valence-corrected chi connectivity index (χ1v) is 5.78. The minimum Gasteiger partial charge on any atom is -0.485 e. The van der Waals surface area contributed by atoms with Crippen LogP contribution in [-0.4, -0.2) is 14.7 Å². The molecule has 20 heavy (non-hydrogen) atoms. The number of rotatable bonds is 5. The van der Waals surface area contributed by atoms with Gasteiger partial charge in [-0.05, 0) is 6.92 Å². The van der Waals surface area contributed by atoms with E-state index in [0.717, 1.165) is 0 Å². The molecule has 1 heterocycles. The van der Waals surface area contributed by atoms with E-state index in [1.165, 1.54) is 6.20 Å². The average Bonchev–Trinajstić information content (AvgIpc) is 2.85. The molecule has 0 aliphatic carbocycles. The molecule has 2 rings (SSSR count). The Kier molecular flexibility index (Phi) is 3.92. The molecule has 0 aliphatic rings. The van der Waals surface area contributed by atoms with Crippen LogP contribution in [0.4, 0.5) is 14.5 Å². The quantitative estimate of drug-likeness (QED) is 0.624. The van der Waals surface area contributed by atoms with Gasteiger partial charge in [-0.1, -0.05) is 0 Å². The van der Waals surface area contributed by atoms with Gasteiger partial charge in [0.25, 0.3) is 5.69 Å². The lowest BCUT2D eigenvalue weighted by atomic mass is 10.2. The van der Waals surface area contributed by atoms with E-state index < -0.39 is 22.2 Å². The van der Waals surface area contributed by atoms with Crippen LogP contribution in [0.15, 0.2) is 24.5 Å². The summed E-state index contributed by atoms with van der Waals surface area (Å²) in [7, 11) is 0. The number of benzene rings is 1. The highest BCUT2D eigenvalue weighted by atomic mass is 19.1. The number of non-ortho nitro benzene ring substituents is 1. The zero-order chi connectivity index (χ0) is 14.7. The maximum atomic E-state index is 13.6. The highest BCUT2D eigenvalue weighted by Gasteiger charge is 2.17. The SMILES string of the molecule is CCn1cc(OCc2c(F)cc([N+](=O)[O-])cc2F)cn1. The molecule has 6 nitrogen and oxygen atoms in total. The van der Waals surface area contributed by atoms with Crippen molar-refractivity contribution < 1.29 is 18.4 Å². The summed E-state index contributed by atoms with van der Waals surface area (Å²) in [4.78, 5) is 9.60. The summed E-state index contributed by atoms with van der Waals surface area (Å²) in [6.07, 6.45) is 3.01. The van der Waals surface area contributed by atoms with Crippen molar-refractivity contribution in [2.75, 3.05) is 0 Å². The van der Waals surface area contributed by atoms with Crippen LogP contribution in [0.25, 0.3) is 0 Å². The van der Waals surface area contributed by atoms with E-state index in [4.69, 9.17) is 4.74 Å². The van der Waals surface area contributed by atoms with Crippen LogP contribution in [0.5, 0.6) is 5.75 Å². The molecule has 0 fully saturated rings. The largest absolute Gasteiger partial charge is 0.485 e. The Morgan fingerprint density at radius 3 is 2.55 bits per heavy atom. The van der Waals surface area contributed by atoms with Gasteiger partial charge in [-0.15, -0.1) is 0 Å². The van der Waals surface area contributed by atoms with Gasteiger partial charge in [0.05, 0.1) is 35.0 Å². The van der Waals surface area contributed by atoms with Gasteiger partial charge in [-0.25, -0.2) is 8.78 Å². The van der Waals surface area contributed by atoms with Gasteiger partial charge in [0.1, 0.15) is 18.2 Å². The third-order valence-corrected chi connectivity index (χ3v) is 2.65. The Bertz CT molecular complexity index is 620. The second-order valence-electron chi connectivity index (χ2n) is 3.97. The van der Waals surface area contributed by atoms with E-state index >= 15 is 0 Å². The third-order valence-electron chi connectivity index (χ3n) is 2.65. The monoisotopic (exact) mass is 283 g/mol. The van der Waals surface area contributed by atoms with Gasteiger partial charge in [0, 0.05) is 6.54 Å². The van der Waals surface area contributed by atoms with Crippen LogP contribution < -0.4 is 4.74 Å². The van der Waals surface area contributed by atoms with Crippen LogP contribution in [0.1, 0.15) is 12.5 Å². The molecule has 0 bridgehead atoms. The smallest absolute Gasteiger partial charge is 0.275 e. The number of nitrogens with zero attached hydrogens (tertiary/aromatic N) is 3. The van der Waals surface area contributed by atoms with Crippen molar-refractivity contribution in [2.45, 2.75) is 20.1 Å². The summed E-state index contributed by atoms with van der Waals surface area (Å²) >= 11 is 0. The zero-order valence-corrected chi connectivity index (χ0v) is 10.5. The van der Waals surface area contributed by atoms with Gasteiger partial charge in [0.15, 0.2) is 5.75 Å². The van der Waals surface area contributed by atoms with Crippen molar-refractivity contribution in [3.63, 3.8) is 0 Å². The molecule has 1 aromatic heterocycles. The maximum absolute atomic E-state index is 13.6. The number of nitro groups is 1. The van der Waals surface area contributed by atoms with Crippen LogP contribution in [-0.2, 0) is 13.2 Å². The van der Waals surface area contributed by atoms with E-state index in [1.807, 2.05) is 6.92 Å². The molecule has 0 spiro atoms. The summed E-state index contributed by atoms with van der Waals surface area (Å²) in [6.45, 7) is 2.15. The number of hydrogen-bond donors (Lipinski definition) is 0. The summed E-state index contributed by atoms with van der Waals surface area (Å²) in [5, 5.41) is 14.4. The van der Waals surface area contributed by atoms with E-state index in [2.05, 4.69) is 5.10 Å². The molecular weight excluding hydrogens is 272 g/mol. The molecule has 0 amide bonds. The van der Waals surface area contributed by atoms with Gasteiger partial charge in [-0.2, -0.15) is 5.10 Å². The van der Waals surface area contributed by atoms with Gasteiger partial charge in [-0.3, -0.25) is 14.8 Å². The molecule has 0 saturated heterocycles. The molecule has 0 atom stereocenters. The van der Waals surface area contributed by atoms with E-state index in [1.54, 1.807) is 10.9 Å². The van der Waals surface area contributed by atoms with Gasteiger partial charge >= 0.3 is 0 Å². The molecular formula is C12H11F2N3O3. The molecule has 1 aromatic carbocycles. The molecule has 8 heteroatoms. The normalized spacial score (nSPS) is 10.6. The first-order valence-electron chi connectivity index (χ1n) is 5.78. The number of ether oxygens (including phenoxy) is 1. The second kappa shape index (κ2) is 5.64. The highest BCUT2D eigenvalue weighted by molar-refractivity contribution is 5.35. The molecule has 0 unspecified atom stereocenters. The highest BCUT2D eigenvalue weighted by Crippen LogP contribution is 2.22. The number of aromatic nitrogens is 2. The topological polar surface area (TPSA) is 70.2 Å². The average molecular weight is 283 g/mol. The second-order valence-corrected chi connectivity index (χ2v) is 3.97. The minimum absolute atomic E-state index is 0.361. The van der Waals surface area contributed by atoms with Crippen LogP contribution in [0.3, 0.4) is 0 Å².